The van der Waals surface area contributed by atoms with Crippen molar-refractivity contribution in [2.75, 3.05) is 5.32 Å². The van der Waals surface area contributed by atoms with E-state index < -0.39 is 10.8 Å². The number of furan rings is 1. The second-order valence-corrected chi connectivity index (χ2v) is 9.13. The summed E-state index contributed by atoms with van der Waals surface area (Å²) in [6.07, 6.45) is 3.46. The Morgan fingerprint density at radius 2 is 1.97 bits per heavy atom. The van der Waals surface area contributed by atoms with Gasteiger partial charge >= 0.3 is 0 Å². The molecule has 0 aliphatic carbocycles. The van der Waals surface area contributed by atoms with E-state index in [4.69, 9.17) is 27.6 Å². The molecule has 0 saturated heterocycles. The lowest BCUT2D eigenvalue weighted by molar-refractivity contribution is -0.384. The van der Waals surface area contributed by atoms with Crippen LogP contribution in [0, 0.1) is 21.4 Å². The van der Waals surface area contributed by atoms with E-state index in [1.165, 1.54) is 29.5 Å². The van der Waals surface area contributed by atoms with Gasteiger partial charge in [-0.15, -0.1) is 11.3 Å². The number of carbonyl (C=O) groups is 1. The van der Waals surface area contributed by atoms with Crippen LogP contribution in [0.3, 0.4) is 0 Å². The number of benzene rings is 2. The number of thiazole rings is 1. The van der Waals surface area contributed by atoms with Crippen molar-refractivity contribution < 1.29 is 14.1 Å². The molecule has 0 bridgehead atoms. The average molecular weight is 525 g/mol. The summed E-state index contributed by atoms with van der Waals surface area (Å²) < 4.78 is 5.68. The number of amides is 1. The summed E-state index contributed by atoms with van der Waals surface area (Å²) in [7, 11) is 0. The van der Waals surface area contributed by atoms with Gasteiger partial charge in [0.05, 0.1) is 4.92 Å². The molecule has 0 saturated carbocycles. The average Bonchev–Trinajstić information content (AvgIpc) is 3.49. The molecule has 0 atom stereocenters. The molecular formula is C24H14Cl2N4O4S. The molecule has 4 aromatic rings. The first-order valence-corrected chi connectivity index (χ1v) is 11.6. The molecule has 0 spiro atoms. The largest absolute Gasteiger partial charge is 0.457 e. The van der Waals surface area contributed by atoms with Crippen LogP contribution < -0.4 is 5.32 Å². The Bertz CT molecular complexity index is 1490. The maximum absolute atomic E-state index is 12.6. The highest BCUT2D eigenvalue weighted by Gasteiger charge is 2.15. The number of non-ortho nitro benzene ring substituents is 1. The molecule has 0 radical (unpaired) electrons. The van der Waals surface area contributed by atoms with Crippen molar-refractivity contribution in [1.29, 1.82) is 5.26 Å². The Kier molecular flexibility index (Phi) is 7.27. The molecule has 0 unspecified atom stereocenters. The molecule has 8 nitrogen and oxygen atoms in total. The van der Waals surface area contributed by atoms with Gasteiger partial charge in [0.25, 0.3) is 11.6 Å². The van der Waals surface area contributed by atoms with Crippen molar-refractivity contribution in [2.24, 2.45) is 0 Å². The predicted octanol–water partition coefficient (Wildman–Crippen LogP) is 6.75. The van der Waals surface area contributed by atoms with Crippen LogP contribution in [-0.4, -0.2) is 15.8 Å². The first-order valence-electron chi connectivity index (χ1n) is 9.99. The summed E-state index contributed by atoms with van der Waals surface area (Å²) in [5.41, 5.74) is 1.28. The second kappa shape index (κ2) is 10.5. The van der Waals surface area contributed by atoms with Crippen LogP contribution in [-0.2, 0) is 11.2 Å². The fraction of sp³-hybridized carbons (Fsp3) is 0.0417. The van der Waals surface area contributed by atoms with Crippen LogP contribution in [0.5, 0.6) is 0 Å². The van der Waals surface area contributed by atoms with Gasteiger partial charge < -0.3 is 4.42 Å². The number of carbonyl (C=O) groups excluding carboxylic acids is 1. The number of nitro benzene ring substituents is 1. The lowest BCUT2D eigenvalue weighted by Crippen LogP contribution is -2.13. The first kappa shape index (κ1) is 24.2. The van der Waals surface area contributed by atoms with Crippen LogP contribution in [0.2, 0.25) is 10.0 Å². The topological polar surface area (TPSA) is 122 Å². The van der Waals surface area contributed by atoms with Gasteiger partial charge in [-0.05, 0) is 42.0 Å². The number of nitro groups is 1. The van der Waals surface area contributed by atoms with Gasteiger partial charge in [-0.25, -0.2) is 4.98 Å². The molecule has 1 amide bonds. The Hall–Kier alpha value is -3.97. The van der Waals surface area contributed by atoms with E-state index in [9.17, 15) is 20.2 Å². The number of hydrogen-bond donors (Lipinski definition) is 1. The summed E-state index contributed by atoms with van der Waals surface area (Å²) in [6.45, 7) is 0. The zero-order chi connectivity index (χ0) is 24.9. The number of rotatable bonds is 7. The molecule has 0 aliphatic rings. The molecule has 174 valence electrons. The predicted molar refractivity (Wildman–Crippen MR) is 134 cm³/mol. The van der Waals surface area contributed by atoms with E-state index in [0.717, 1.165) is 10.4 Å². The third kappa shape index (κ3) is 5.94. The summed E-state index contributed by atoms with van der Waals surface area (Å²) in [4.78, 5) is 28.0. The number of nitrogens with zero attached hydrogens (tertiary/aromatic N) is 3. The van der Waals surface area contributed by atoms with Crippen LogP contribution in [0.1, 0.15) is 16.2 Å². The van der Waals surface area contributed by atoms with Crippen LogP contribution >= 0.6 is 34.5 Å². The van der Waals surface area contributed by atoms with E-state index in [-0.39, 0.29) is 17.0 Å². The highest BCUT2D eigenvalue weighted by Crippen LogP contribution is 2.28. The maximum atomic E-state index is 12.6. The number of halogens is 2. The monoisotopic (exact) mass is 524 g/mol. The molecule has 0 aliphatic heterocycles. The Balaban J connectivity index is 1.44. The van der Waals surface area contributed by atoms with Crippen LogP contribution in [0.4, 0.5) is 10.8 Å². The zero-order valence-electron chi connectivity index (χ0n) is 17.7. The second-order valence-electron chi connectivity index (χ2n) is 7.17. The standard InChI is InChI=1S/C24H14Cl2N4O4S/c25-17-4-1-15(21(26)11-17)10-20-13-28-24(35-20)29-23(31)16(12-27)9-19-7-8-22(34-19)14-2-5-18(6-3-14)30(32)33/h1-9,11,13H,10H2,(H,28,29,31)/b16-9+. The van der Waals surface area contributed by atoms with Crippen LogP contribution in [0.15, 0.2) is 70.8 Å². The Morgan fingerprint density at radius 3 is 2.66 bits per heavy atom. The number of hydrogen-bond acceptors (Lipinski definition) is 7. The molecule has 2 heterocycles. The van der Waals surface area contributed by atoms with Crippen LogP contribution in [0.25, 0.3) is 17.4 Å². The number of nitrogens with one attached hydrogen (secondary N) is 1. The van der Waals surface area contributed by atoms with Crippen molar-refractivity contribution in [2.45, 2.75) is 6.42 Å². The van der Waals surface area contributed by atoms with Crippen molar-refractivity contribution in [1.82, 2.24) is 4.98 Å². The fourth-order valence-corrected chi connectivity index (χ4v) is 4.39. The van der Waals surface area contributed by atoms with Crippen molar-refractivity contribution >= 4 is 57.3 Å². The van der Waals surface area contributed by atoms with Crippen molar-refractivity contribution in [3.8, 4) is 17.4 Å². The highest BCUT2D eigenvalue weighted by molar-refractivity contribution is 7.15. The van der Waals surface area contributed by atoms with E-state index in [1.807, 2.05) is 12.1 Å². The van der Waals surface area contributed by atoms with Gasteiger partial charge in [0.1, 0.15) is 23.2 Å². The molecule has 1 N–H and O–H groups in total. The molecule has 2 aromatic heterocycles. The van der Waals surface area contributed by atoms with Crippen molar-refractivity contribution in [3.63, 3.8) is 0 Å². The van der Waals surface area contributed by atoms with Gasteiger partial charge in [0, 0.05) is 51.3 Å². The van der Waals surface area contributed by atoms with E-state index in [2.05, 4.69) is 10.3 Å². The summed E-state index contributed by atoms with van der Waals surface area (Å²) >= 11 is 13.4. The van der Waals surface area contributed by atoms with Gasteiger partial charge in [-0.1, -0.05) is 29.3 Å². The summed E-state index contributed by atoms with van der Waals surface area (Å²) in [6, 6.07) is 16.2. The normalized spacial score (nSPS) is 11.2. The SMILES string of the molecule is N#C/C(=C\c1ccc(-c2ccc([N+](=O)[O-])cc2)o1)C(=O)Nc1ncc(Cc2ccc(Cl)cc2Cl)s1. The van der Waals surface area contributed by atoms with E-state index >= 15 is 0 Å². The first-order chi connectivity index (χ1) is 16.8. The molecule has 11 heteroatoms. The number of nitriles is 1. The minimum absolute atomic E-state index is 0.0366. The molecular weight excluding hydrogens is 511 g/mol. The molecule has 2 aromatic carbocycles. The minimum atomic E-state index is -0.633. The molecule has 35 heavy (non-hydrogen) atoms. The third-order valence-electron chi connectivity index (χ3n) is 4.79. The lowest BCUT2D eigenvalue weighted by atomic mass is 10.1. The Morgan fingerprint density at radius 1 is 1.20 bits per heavy atom. The minimum Gasteiger partial charge on any atom is -0.457 e. The smallest absolute Gasteiger partial charge is 0.269 e. The lowest BCUT2D eigenvalue weighted by Gasteiger charge is -2.02. The number of aromatic nitrogens is 1. The number of anilines is 1. The molecule has 4 rings (SSSR count). The van der Waals surface area contributed by atoms with E-state index in [1.54, 1.807) is 42.6 Å². The van der Waals surface area contributed by atoms with Gasteiger partial charge in [-0.3, -0.25) is 20.2 Å². The maximum Gasteiger partial charge on any atom is 0.269 e. The van der Waals surface area contributed by atoms with Gasteiger partial charge in [-0.2, -0.15) is 5.26 Å². The Labute approximate surface area is 213 Å². The highest BCUT2D eigenvalue weighted by atomic mass is 35.5. The summed E-state index contributed by atoms with van der Waals surface area (Å²) in [5, 5.41) is 24.3. The summed E-state index contributed by atoms with van der Waals surface area (Å²) in [5.74, 6) is 0.0859. The quantitative estimate of drug-likeness (QED) is 0.123. The van der Waals surface area contributed by atoms with Gasteiger partial charge in [0.2, 0.25) is 0 Å². The van der Waals surface area contributed by atoms with Gasteiger partial charge in [0.15, 0.2) is 5.13 Å². The zero-order valence-corrected chi connectivity index (χ0v) is 20.0. The molecule has 0 fully saturated rings. The fourth-order valence-electron chi connectivity index (χ4n) is 3.09. The van der Waals surface area contributed by atoms with E-state index in [0.29, 0.717) is 32.9 Å². The third-order valence-corrected chi connectivity index (χ3v) is 6.29. The van der Waals surface area contributed by atoms with Crippen molar-refractivity contribution in [3.05, 3.63) is 103 Å².